The number of nitrogens with one attached hydrogen (secondary N) is 1. The minimum absolute atomic E-state index is 0.0147. The van der Waals surface area contributed by atoms with Gasteiger partial charge in [-0.2, -0.15) is 13.2 Å². The lowest BCUT2D eigenvalue weighted by Crippen LogP contribution is -2.51. The maximum Gasteiger partial charge on any atom is 0.416 e. The third-order valence-corrected chi connectivity index (χ3v) is 8.77. The average Bonchev–Trinajstić information content (AvgIpc) is 3.38. The van der Waals surface area contributed by atoms with Crippen LogP contribution in [0.25, 0.3) is 6.08 Å². The Morgan fingerprint density at radius 2 is 1.86 bits per heavy atom. The highest BCUT2D eigenvalue weighted by molar-refractivity contribution is 7.10. The van der Waals surface area contributed by atoms with E-state index >= 15 is 0 Å². The van der Waals surface area contributed by atoms with E-state index in [-0.39, 0.29) is 29.7 Å². The predicted molar refractivity (Wildman–Crippen MR) is 139 cm³/mol. The molecular weight excluding hydrogens is 503 g/mol. The van der Waals surface area contributed by atoms with Crippen molar-refractivity contribution >= 4 is 34.9 Å². The van der Waals surface area contributed by atoms with E-state index in [0.717, 1.165) is 31.4 Å². The molecule has 3 aromatic rings. The molecule has 5 atom stereocenters. The van der Waals surface area contributed by atoms with Gasteiger partial charge in [0.1, 0.15) is 0 Å². The molecule has 188 valence electrons. The van der Waals surface area contributed by atoms with Crippen molar-refractivity contribution in [2.45, 2.75) is 43.8 Å². The van der Waals surface area contributed by atoms with Gasteiger partial charge in [-0.05, 0) is 83.9 Å². The molecule has 0 spiro atoms. The Balaban J connectivity index is 1.40. The van der Waals surface area contributed by atoms with Gasteiger partial charge in [0, 0.05) is 28.3 Å². The van der Waals surface area contributed by atoms with Gasteiger partial charge >= 0.3 is 6.18 Å². The van der Waals surface area contributed by atoms with Gasteiger partial charge < -0.3 is 5.32 Å². The number of piperidine rings is 1. The summed E-state index contributed by atoms with van der Waals surface area (Å²) in [6.07, 6.45) is 2.50. The van der Waals surface area contributed by atoms with Gasteiger partial charge in [0.2, 0.25) is 5.91 Å². The highest BCUT2D eigenvalue weighted by atomic mass is 35.5. The topological polar surface area (TPSA) is 29.1 Å². The average molecular weight is 530 g/mol. The first-order chi connectivity index (χ1) is 17.3. The lowest BCUT2D eigenvalue weighted by Gasteiger charge is -2.45. The monoisotopic (exact) mass is 529 g/mol. The number of benzene rings is 2. The first kappa shape index (κ1) is 25.1. The van der Waals surface area contributed by atoms with Crippen LogP contribution in [0.4, 0.5) is 13.2 Å². The minimum Gasteiger partial charge on any atom is -0.353 e. The van der Waals surface area contributed by atoms with E-state index in [1.807, 2.05) is 18.2 Å². The Kier molecular flexibility index (Phi) is 7.27. The van der Waals surface area contributed by atoms with Crippen molar-refractivity contribution in [3.8, 4) is 0 Å². The van der Waals surface area contributed by atoms with E-state index < -0.39 is 11.7 Å². The van der Waals surface area contributed by atoms with Gasteiger partial charge in [-0.25, -0.2) is 0 Å². The molecule has 1 aromatic heterocycles. The van der Waals surface area contributed by atoms with Gasteiger partial charge in [-0.15, -0.1) is 11.3 Å². The van der Waals surface area contributed by atoms with Crippen molar-refractivity contribution in [1.29, 1.82) is 0 Å². The van der Waals surface area contributed by atoms with Crippen molar-refractivity contribution < 1.29 is 18.0 Å². The SMILES string of the molecule is O=C1CC(/C=C/c2cccc(C(F)(F)F)c2)C2CC(C(c3ccc(Cl)cc3)c3cccs3)CCC2N1. The highest BCUT2D eigenvalue weighted by Gasteiger charge is 2.42. The Labute approximate surface area is 218 Å². The van der Waals surface area contributed by atoms with E-state index in [1.54, 1.807) is 23.5 Å². The molecule has 7 heteroatoms. The first-order valence-corrected chi connectivity index (χ1v) is 13.5. The molecule has 1 amide bonds. The largest absolute Gasteiger partial charge is 0.416 e. The molecular formula is C29H27ClF3NOS. The summed E-state index contributed by atoms with van der Waals surface area (Å²) in [6, 6.07) is 17.8. The maximum atomic E-state index is 13.1. The summed E-state index contributed by atoms with van der Waals surface area (Å²) in [4.78, 5) is 13.8. The predicted octanol–water partition coefficient (Wildman–Crippen LogP) is 8.19. The standard InChI is InChI=1S/C29H27ClF3NOS/c30-23-11-8-19(9-12-23)28(26-5-2-14-36-26)21-10-13-25-24(16-21)20(17-27(35)34-25)7-6-18-3-1-4-22(15-18)29(31,32)33/h1-9,11-12,14-15,20-21,24-25,28H,10,13,16-17H2,(H,34,35)/b7-6+. The summed E-state index contributed by atoms with van der Waals surface area (Å²) in [5, 5.41) is 5.99. The summed E-state index contributed by atoms with van der Waals surface area (Å²) in [6.45, 7) is 0. The van der Waals surface area contributed by atoms with E-state index in [4.69, 9.17) is 11.6 Å². The number of carbonyl (C=O) groups excluding carboxylic acids is 1. The zero-order valence-electron chi connectivity index (χ0n) is 19.5. The second-order valence-corrected chi connectivity index (χ2v) is 11.2. The van der Waals surface area contributed by atoms with Crippen LogP contribution in [0.2, 0.25) is 5.02 Å². The number of halogens is 4. The molecule has 1 saturated carbocycles. The molecule has 2 heterocycles. The second-order valence-electron chi connectivity index (χ2n) is 9.81. The smallest absolute Gasteiger partial charge is 0.353 e. The highest BCUT2D eigenvalue weighted by Crippen LogP contribution is 2.47. The summed E-state index contributed by atoms with van der Waals surface area (Å²) >= 11 is 7.92. The lowest BCUT2D eigenvalue weighted by atomic mass is 9.65. The summed E-state index contributed by atoms with van der Waals surface area (Å²) in [5.41, 5.74) is 1.07. The van der Waals surface area contributed by atoms with Crippen LogP contribution in [0.5, 0.6) is 0 Å². The third kappa shape index (κ3) is 5.55. The Hall–Kier alpha value is -2.57. The van der Waals surface area contributed by atoms with Crippen LogP contribution in [0.15, 0.2) is 72.1 Å². The fourth-order valence-electron chi connectivity index (χ4n) is 5.90. The van der Waals surface area contributed by atoms with Gasteiger partial charge in [-0.1, -0.05) is 54.1 Å². The minimum atomic E-state index is -4.38. The van der Waals surface area contributed by atoms with Crippen molar-refractivity contribution in [2.24, 2.45) is 17.8 Å². The van der Waals surface area contributed by atoms with Crippen LogP contribution < -0.4 is 5.32 Å². The van der Waals surface area contributed by atoms with Gasteiger partial charge in [0.25, 0.3) is 0 Å². The third-order valence-electron chi connectivity index (χ3n) is 7.56. The number of hydrogen-bond acceptors (Lipinski definition) is 2. The molecule has 2 aromatic carbocycles. The molecule has 36 heavy (non-hydrogen) atoms. The molecule has 1 saturated heterocycles. The summed E-state index contributed by atoms with van der Waals surface area (Å²) in [7, 11) is 0. The number of carbonyl (C=O) groups is 1. The normalized spacial score (nSPS) is 25.4. The van der Waals surface area contributed by atoms with Crippen molar-refractivity contribution in [1.82, 2.24) is 5.32 Å². The van der Waals surface area contributed by atoms with E-state index in [1.165, 1.54) is 16.5 Å². The lowest BCUT2D eigenvalue weighted by molar-refractivity contribution is -0.137. The zero-order valence-corrected chi connectivity index (χ0v) is 21.1. The van der Waals surface area contributed by atoms with Crippen molar-refractivity contribution in [3.05, 3.63) is 98.7 Å². The number of hydrogen-bond donors (Lipinski definition) is 1. The van der Waals surface area contributed by atoms with E-state index in [0.29, 0.717) is 22.9 Å². The first-order valence-electron chi connectivity index (χ1n) is 12.2. The van der Waals surface area contributed by atoms with Gasteiger partial charge in [-0.3, -0.25) is 4.79 Å². The summed E-state index contributed by atoms with van der Waals surface area (Å²) < 4.78 is 39.4. The number of alkyl halides is 3. The zero-order chi connectivity index (χ0) is 25.3. The van der Waals surface area contributed by atoms with Gasteiger partial charge in [0.15, 0.2) is 0 Å². The molecule has 0 radical (unpaired) electrons. The van der Waals surface area contributed by atoms with E-state index in [2.05, 4.69) is 35.0 Å². The van der Waals surface area contributed by atoms with Crippen LogP contribution >= 0.6 is 22.9 Å². The van der Waals surface area contributed by atoms with Crippen molar-refractivity contribution in [3.63, 3.8) is 0 Å². The number of allylic oxidation sites excluding steroid dienone is 1. The molecule has 0 bridgehead atoms. The van der Waals surface area contributed by atoms with Crippen molar-refractivity contribution in [2.75, 3.05) is 0 Å². The number of thiophene rings is 1. The molecule has 1 N–H and O–H groups in total. The quantitative estimate of drug-likeness (QED) is 0.354. The van der Waals surface area contributed by atoms with Gasteiger partial charge in [0.05, 0.1) is 5.56 Å². The molecule has 1 aliphatic heterocycles. The van der Waals surface area contributed by atoms with Crippen LogP contribution in [0.3, 0.4) is 0 Å². The molecule has 2 fully saturated rings. The molecule has 5 unspecified atom stereocenters. The second kappa shape index (κ2) is 10.4. The molecule has 5 rings (SSSR count). The molecule has 2 aliphatic rings. The fourth-order valence-corrected chi connectivity index (χ4v) is 6.97. The number of fused-ring (bicyclic) bond motifs is 1. The van der Waals surface area contributed by atoms with Crippen LogP contribution in [0, 0.1) is 17.8 Å². The Bertz CT molecular complexity index is 1220. The summed E-state index contributed by atoms with van der Waals surface area (Å²) in [5.74, 6) is 0.869. The maximum absolute atomic E-state index is 13.1. The Morgan fingerprint density at radius 1 is 1.06 bits per heavy atom. The fraction of sp³-hybridized carbons (Fsp3) is 0.345. The number of rotatable bonds is 5. The van der Waals surface area contributed by atoms with Crippen LogP contribution in [-0.2, 0) is 11.0 Å². The van der Waals surface area contributed by atoms with Crippen LogP contribution in [0.1, 0.15) is 53.2 Å². The van der Waals surface area contributed by atoms with E-state index in [9.17, 15) is 18.0 Å². The molecule has 1 aliphatic carbocycles. The van der Waals surface area contributed by atoms with Crippen LogP contribution in [-0.4, -0.2) is 11.9 Å². The molecule has 2 nitrogen and oxygen atoms in total. The number of amides is 1. The Morgan fingerprint density at radius 3 is 2.58 bits per heavy atom.